The van der Waals surface area contributed by atoms with Crippen LogP contribution in [0.1, 0.15) is 31.7 Å². The summed E-state index contributed by atoms with van der Waals surface area (Å²) in [5.74, 6) is 0.711. The Labute approximate surface area is 170 Å². The molecule has 1 saturated heterocycles. The molecule has 2 rings (SSSR count). The van der Waals surface area contributed by atoms with Crippen molar-refractivity contribution in [3.63, 3.8) is 0 Å². The van der Waals surface area contributed by atoms with E-state index in [2.05, 4.69) is 43.4 Å². The third-order valence-electron chi connectivity index (χ3n) is 4.77. The maximum absolute atomic E-state index is 13.9. The van der Waals surface area contributed by atoms with Crippen LogP contribution in [0.5, 0.6) is 0 Å². The van der Waals surface area contributed by atoms with Gasteiger partial charge in [-0.15, -0.1) is 0 Å². The van der Waals surface area contributed by atoms with Crippen LogP contribution in [0.25, 0.3) is 0 Å². The fraction of sp³-hybridized carbons (Fsp3) is 0.650. The van der Waals surface area contributed by atoms with Gasteiger partial charge in [-0.25, -0.2) is 4.39 Å². The minimum atomic E-state index is -0.154. The predicted molar refractivity (Wildman–Crippen MR) is 113 cm³/mol. The number of hydrogen-bond donors (Lipinski definition) is 2. The fourth-order valence-electron chi connectivity index (χ4n) is 3.22. The molecule has 1 fully saturated rings. The highest BCUT2D eigenvalue weighted by atomic mass is 79.9. The van der Waals surface area contributed by atoms with Crippen LogP contribution >= 0.6 is 15.9 Å². The van der Waals surface area contributed by atoms with E-state index < -0.39 is 0 Å². The lowest BCUT2D eigenvalue weighted by Crippen LogP contribution is -2.49. The number of piperidine rings is 1. The number of nitrogens with zero attached hydrogens (tertiary/aromatic N) is 2. The van der Waals surface area contributed by atoms with Gasteiger partial charge in [0, 0.05) is 50.3 Å². The SMILES string of the molecule is CCNC(=NCCCc1ccc(Br)cc1F)NC1CCN(CCOC)CC1. The number of aliphatic imine (C=N–C) groups is 1. The lowest BCUT2D eigenvalue weighted by Gasteiger charge is -2.32. The van der Waals surface area contributed by atoms with Crippen LogP contribution in [0.2, 0.25) is 0 Å². The molecular weight excluding hydrogens is 411 g/mol. The molecule has 27 heavy (non-hydrogen) atoms. The smallest absolute Gasteiger partial charge is 0.191 e. The quantitative estimate of drug-likeness (QED) is 0.350. The summed E-state index contributed by atoms with van der Waals surface area (Å²) in [7, 11) is 1.75. The number of hydrogen-bond acceptors (Lipinski definition) is 3. The van der Waals surface area contributed by atoms with E-state index in [1.807, 2.05) is 12.1 Å². The zero-order chi connectivity index (χ0) is 19.5. The third kappa shape index (κ3) is 8.15. The van der Waals surface area contributed by atoms with Crippen LogP contribution in [-0.2, 0) is 11.2 Å². The maximum Gasteiger partial charge on any atom is 0.191 e. The summed E-state index contributed by atoms with van der Waals surface area (Å²) in [6.07, 6.45) is 3.74. The van der Waals surface area contributed by atoms with E-state index in [1.165, 1.54) is 6.07 Å². The van der Waals surface area contributed by atoms with Crippen molar-refractivity contribution in [2.24, 2.45) is 4.99 Å². The van der Waals surface area contributed by atoms with Crippen LogP contribution in [-0.4, -0.2) is 63.3 Å². The summed E-state index contributed by atoms with van der Waals surface area (Å²) in [6, 6.07) is 5.69. The molecule has 0 bridgehead atoms. The monoisotopic (exact) mass is 442 g/mol. The van der Waals surface area contributed by atoms with Gasteiger partial charge in [0.25, 0.3) is 0 Å². The molecule has 7 heteroatoms. The highest BCUT2D eigenvalue weighted by Gasteiger charge is 2.19. The Morgan fingerprint density at radius 1 is 1.37 bits per heavy atom. The molecule has 1 aliphatic rings. The van der Waals surface area contributed by atoms with Gasteiger partial charge in [-0.3, -0.25) is 4.99 Å². The first-order valence-electron chi connectivity index (χ1n) is 9.82. The van der Waals surface area contributed by atoms with Crippen LogP contribution in [0.4, 0.5) is 4.39 Å². The van der Waals surface area contributed by atoms with Gasteiger partial charge in [0.15, 0.2) is 5.96 Å². The highest BCUT2D eigenvalue weighted by molar-refractivity contribution is 9.10. The number of ether oxygens (including phenoxy) is 1. The van der Waals surface area contributed by atoms with Gasteiger partial charge in [0.1, 0.15) is 5.82 Å². The van der Waals surface area contributed by atoms with Crippen molar-refractivity contribution in [2.75, 3.05) is 46.4 Å². The van der Waals surface area contributed by atoms with Gasteiger partial charge >= 0.3 is 0 Å². The molecule has 0 radical (unpaired) electrons. The summed E-state index contributed by atoms with van der Waals surface area (Å²) in [6.45, 7) is 7.55. The molecule has 152 valence electrons. The first kappa shape index (κ1) is 22.1. The average molecular weight is 443 g/mol. The van der Waals surface area contributed by atoms with E-state index in [0.29, 0.717) is 19.0 Å². The lowest BCUT2D eigenvalue weighted by atomic mass is 10.1. The number of aryl methyl sites for hydroxylation is 1. The van der Waals surface area contributed by atoms with Gasteiger partial charge in [-0.2, -0.15) is 0 Å². The molecule has 5 nitrogen and oxygen atoms in total. The summed E-state index contributed by atoms with van der Waals surface area (Å²) in [5.41, 5.74) is 0.745. The van der Waals surface area contributed by atoms with E-state index in [0.717, 1.165) is 68.0 Å². The lowest BCUT2D eigenvalue weighted by molar-refractivity contribution is 0.128. The van der Waals surface area contributed by atoms with Crippen molar-refractivity contribution in [1.82, 2.24) is 15.5 Å². The normalized spacial score (nSPS) is 16.5. The molecule has 1 heterocycles. The minimum Gasteiger partial charge on any atom is -0.383 e. The number of rotatable bonds is 9. The average Bonchev–Trinajstić information content (AvgIpc) is 2.66. The molecule has 1 aliphatic heterocycles. The molecule has 0 aromatic heterocycles. The Balaban J connectivity index is 1.75. The van der Waals surface area contributed by atoms with Gasteiger partial charge in [-0.1, -0.05) is 22.0 Å². The summed E-state index contributed by atoms with van der Waals surface area (Å²) in [4.78, 5) is 7.11. The Kier molecular flexibility index (Phi) is 10.1. The molecular formula is C20H32BrFN4O. The zero-order valence-electron chi connectivity index (χ0n) is 16.4. The maximum atomic E-state index is 13.9. The van der Waals surface area contributed by atoms with Gasteiger partial charge < -0.3 is 20.3 Å². The Morgan fingerprint density at radius 3 is 2.81 bits per heavy atom. The molecule has 1 aromatic carbocycles. The van der Waals surface area contributed by atoms with Crippen LogP contribution in [0.15, 0.2) is 27.7 Å². The number of nitrogens with one attached hydrogen (secondary N) is 2. The molecule has 0 saturated carbocycles. The summed E-state index contributed by atoms with van der Waals surface area (Å²) in [5, 5.41) is 6.87. The number of guanidine groups is 1. The zero-order valence-corrected chi connectivity index (χ0v) is 18.0. The van der Waals surface area contributed by atoms with Crippen LogP contribution in [0.3, 0.4) is 0 Å². The second kappa shape index (κ2) is 12.3. The highest BCUT2D eigenvalue weighted by Crippen LogP contribution is 2.16. The van der Waals surface area contributed by atoms with Gasteiger partial charge in [-0.05, 0) is 50.3 Å². The molecule has 0 atom stereocenters. The summed E-state index contributed by atoms with van der Waals surface area (Å²) < 4.78 is 19.8. The minimum absolute atomic E-state index is 0.154. The molecule has 1 aromatic rings. The Hall–Kier alpha value is -1.18. The predicted octanol–water partition coefficient (Wildman–Crippen LogP) is 3.19. The third-order valence-corrected chi connectivity index (χ3v) is 5.27. The first-order valence-corrected chi connectivity index (χ1v) is 10.6. The Bertz CT molecular complexity index is 591. The molecule has 0 unspecified atom stereocenters. The Morgan fingerprint density at radius 2 is 2.15 bits per heavy atom. The largest absolute Gasteiger partial charge is 0.383 e. The van der Waals surface area contributed by atoms with E-state index >= 15 is 0 Å². The molecule has 0 aliphatic carbocycles. The van der Waals surface area contributed by atoms with Crippen LogP contribution < -0.4 is 10.6 Å². The number of halogens is 2. The number of likely N-dealkylation sites (tertiary alicyclic amines) is 1. The molecule has 0 amide bonds. The molecule has 0 spiro atoms. The van der Waals surface area contributed by atoms with Crippen molar-refractivity contribution in [1.29, 1.82) is 0 Å². The standard InChI is InChI=1S/C20H32BrFN4O/c1-3-23-20(25-18-8-11-26(12-9-18)13-14-27-2)24-10-4-5-16-6-7-17(21)15-19(16)22/h6-7,15,18H,3-5,8-14H2,1-2H3,(H2,23,24,25). The van der Waals surface area contributed by atoms with Gasteiger partial charge in [0.2, 0.25) is 0 Å². The fourth-order valence-corrected chi connectivity index (χ4v) is 3.55. The first-order chi connectivity index (χ1) is 13.1. The van der Waals surface area contributed by atoms with E-state index in [-0.39, 0.29) is 5.82 Å². The number of methoxy groups -OCH3 is 1. The van der Waals surface area contributed by atoms with Crippen LogP contribution in [0, 0.1) is 5.82 Å². The second-order valence-corrected chi connectivity index (χ2v) is 7.77. The van der Waals surface area contributed by atoms with E-state index in [1.54, 1.807) is 7.11 Å². The van der Waals surface area contributed by atoms with E-state index in [9.17, 15) is 4.39 Å². The van der Waals surface area contributed by atoms with E-state index in [4.69, 9.17) is 4.74 Å². The van der Waals surface area contributed by atoms with Crippen molar-refractivity contribution in [2.45, 2.75) is 38.6 Å². The van der Waals surface area contributed by atoms with Crippen molar-refractivity contribution in [3.8, 4) is 0 Å². The second-order valence-electron chi connectivity index (χ2n) is 6.85. The topological polar surface area (TPSA) is 48.9 Å². The van der Waals surface area contributed by atoms with Crippen molar-refractivity contribution in [3.05, 3.63) is 34.1 Å². The van der Waals surface area contributed by atoms with Crippen molar-refractivity contribution >= 4 is 21.9 Å². The van der Waals surface area contributed by atoms with Gasteiger partial charge in [0.05, 0.1) is 6.61 Å². The van der Waals surface area contributed by atoms with Crippen molar-refractivity contribution < 1.29 is 9.13 Å². The summed E-state index contributed by atoms with van der Waals surface area (Å²) >= 11 is 3.29. The number of benzene rings is 1. The molecule has 2 N–H and O–H groups in total.